The lowest BCUT2D eigenvalue weighted by Crippen LogP contribution is -1.80. The first-order valence-corrected chi connectivity index (χ1v) is 5.78. The molecule has 15 heavy (non-hydrogen) atoms. The van der Waals surface area contributed by atoms with Gasteiger partial charge in [0.2, 0.25) is 0 Å². The molecule has 0 aliphatic carbocycles. The second-order valence-electron chi connectivity index (χ2n) is 3.59. The predicted octanol–water partition coefficient (Wildman–Crippen LogP) is 4.16. The molecule has 0 aliphatic rings. The van der Waals surface area contributed by atoms with Gasteiger partial charge >= 0.3 is 0 Å². The van der Waals surface area contributed by atoms with E-state index in [0.717, 1.165) is 13.6 Å². The van der Waals surface area contributed by atoms with Crippen molar-refractivity contribution in [1.82, 2.24) is 0 Å². The Balaban J connectivity index is 2.55. The Bertz CT molecular complexity index is 646. The van der Waals surface area contributed by atoms with Gasteiger partial charge in [-0.3, -0.25) is 0 Å². The van der Waals surface area contributed by atoms with Gasteiger partial charge in [0.25, 0.3) is 0 Å². The quantitative estimate of drug-likeness (QED) is 0.555. The highest BCUT2D eigenvalue weighted by atomic mass is 31.0. The molecule has 3 rings (SSSR count). The summed E-state index contributed by atoms with van der Waals surface area (Å²) >= 11 is 0. The van der Waals surface area contributed by atoms with Gasteiger partial charge < -0.3 is 5.73 Å². The van der Waals surface area contributed by atoms with Crippen LogP contribution in [0.1, 0.15) is 0 Å². The first kappa shape index (κ1) is 8.70. The monoisotopic (exact) mass is 211 g/mol. The van der Waals surface area contributed by atoms with Crippen LogP contribution in [0.2, 0.25) is 0 Å². The van der Waals surface area contributed by atoms with Crippen molar-refractivity contribution in [3.8, 4) is 0 Å². The van der Waals surface area contributed by atoms with Gasteiger partial charge in [0.05, 0.1) is 5.42 Å². The molecule has 0 bridgehead atoms. The summed E-state index contributed by atoms with van der Waals surface area (Å²) < 4.78 is 0. The van der Waals surface area contributed by atoms with Gasteiger partial charge in [0.1, 0.15) is 0 Å². The van der Waals surface area contributed by atoms with Crippen LogP contribution in [0.25, 0.3) is 21.3 Å². The standard InChI is InChI=1S/C13H10NP/c14-13-8-6-11-10-4-2-1-3-9(10)5-7-12(11)15-13/h1-8H,14H2. The largest absolute Gasteiger partial charge is 0.395 e. The first-order chi connectivity index (χ1) is 7.34. The van der Waals surface area contributed by atoms with E-state index in [1.54, 1.807) is 0 Å². The van der Waals surface area contributed by atoms with Gasteiger partial charge in [-0.25, -0.2) is 0 Å². The van der Waals surface area contributed by atoms with Crippen LogP contribution in [0.3, 0.4) is 0 Å². The van der Waals surface area contributed by atoms with Crippen LogP contribution in [0.4, 0.5) is 5.42 Å². The van der Waals surface area contributed by atoms with E-state index in [1.165, 1.54) is 21.3 Å². The maximum absolute atomic E-state index is 5.81. The Hall–Kier alpha value is -1.59. The van der Waals surface area contributed by atoms with Crippen LogP contribution in [0.5, 0.6) is 0 Å². The third-order valence-corrected chi connectivity index (χ3v) is 3.66. The van der Waals surface area contributed by atoms with Crippen molar-refractivity contribution in [2.75, 3.05) is 5.73 Å². The van der Waals surface area contributed by atoms with Crippen LogP contribution in [-0.4, -0.2) is 0 Å². The van der Waals surface area contributed by atoms with Crippen molar-refractivity contribution in [1.29, 1.82) is 0 Å². The number of rotatable bonds is 0. The minimum atomic E-state index is 0.915. The first-order valence-electron chi connectivity index (χ1n) is 4.88. The third kappa shape index (κ3) is 1.36. The fourth-order valence-electron chi connectivity index (χ4n) is 1.90. The summed E-state index contributed by atoms with van der Waals surface area (Å²) in [5.74, 6) is 0. The fraction of sp³-hybridized carbons (Fsp3) is 0. The molecular formula is C13H10NP. The van der Waals surface area contributed by atoms with E-state index in [1.807, 2.05) is 6.07 Å². The van der Waals surface area contributed by atoms with Crippen molar-refractivity contribution < 1.29 is 0 Å². The van der Waals surface area contributed by atoms with Crippen molar-refractivity contribution in [2.24, 2.45) is 0 Å². The Kier molecular flexibility index (Phi) is 1.87. The smallest absolute Gasteiger partial charge is 0.0596 e. The lowest BCUT2D eigenvalue weighted by molar-refractivity contribution is 1.80. The van der Waals surface area contributed by atoms with Crippen LogP contribution in [0.15, 0.2) is 48.5 Å². The normalized spacial score (nSPS) is 11.5. The van der Waals surface area contributed by atoms with Crippen molar-refractivity contribution >= 4 is 34.9 Å². The fourth-order valence-corrected chi connectivity index (χ4v) is 2.79. The van der Waals surface area contributed by atoms with E-state index in [2.05, 4.69) is 42.5 Å². The topological polar surface area (TPSA) is 26.0 Å². The second-order valence-corrected chi connectivity index (χ2v) is 4.81. The number of hydrogen-bond donors (Lipinski definition) is 1. The molecule has 72 valence electrons. The maximum Gasteiger partial charge on any atom is 0.0596 e. The molecule has 1 heterocycles. The summed E-state index contributed by atoms with van der Waals surface area (Å²) in [5, 5.41) is 5.21. The lowest BCUT2D eigenvalue weighted by atomic mass is 10.1. The molecule has 0 saturated carbocycles. The highest BCUT2D eigenvalue weighted by Crippen LogP contribution is 2.33. The summed E-state index contributed by atoms with van der Waals surface area (Å²) in [6.07, 6.45) is 0. The van der Waals surface area contributed by atoms with E-state index in [4.69, 9.17) is 5.73 Å². The molecule has 0 fully saturated rings. The van der Waals surface area contributed by atoms with Crippen LogP contribution in [0, 0.1) is 0 Å². The molecule has 0 aliphatic heterocycles. The number of nitrogens with two attached hydrogens (primary N) is 1. The zero-order valence-corrected chi connectivity index (χ0v) is 9.04. The van der Waals surface area contributed by atoms with Gasteiger partial charge in [0.15, 0.2) is 0 Å². The van der Waals surface area contributed by atoms with Crippen LogP contribution >= 0.6 is 8.19 Å². The molecule has 0 spiro atoms. The molecule has 3 aromatic rings. The zero-order chi connectivity index (χ0) is 10.3. The van der Waals surface area contributed by atoms with E-state index >= 15 is 0 Å². The second kappa shape index (κ2) is 3.22. The van der Waals surface area contributed by atoms with E-state index < -0.39 is 0 Å². The molecule has 2 aromatic carbocycles. The Labute approximate surface area is 89.6 Å². The molecule has 2 N–H and O–H groups in total. The summed E-state index contributed by atoms with van der Waals surface area (Å²) in [4.78, 5) is 0. The van der Waals surface area contributed by atoms with Gasteiger partial charge in [-0.1, -0.05) is 36.4 Å². The molecule has 2 heteroatoms. The lowest BCUT2D eigenvalue weighted by Gasteiger charge is -2.03. The number of hydrogen-bond acceptors (Lipinski definition) is 1. The molecule has 0 saturated heterocycles. The van der Waals surface area contributed by atoms with Crippen LogP contribution < -0.4 is 5.73 Å². The van der Waals surface area contributed by atoms with Gasteiger partial charge in [-0.15, -0.1) is 0 Å². The minimum absolute atomic E-state index is 0.915. The maximum atomic E-state index is 5.81. The number of benzene rings is 2. The van der Waals surface area contributed by atoms with Gasteiger partial charge in [-0.2, -0.15) is 0 Å². The van der Waals surface area contributed by atoms with Crippen LogP contribution in [-0.2, 0) is 0 Å². The van der Waals surface area contributed by atoms with E-state index in [9.17, 15) is 0 Å². The zero-order valence-electron chi connectivity index (χ0n) is 8.14. The number of nitrogen functional groups attached to an aromatic ring is 1. The summed E-state index contributed by atoms with van der Waals surface area (Å²) in [6, 6.07) is 16.9. The summed E-state index contributed by atoms with van der Waals surface area (Å²) in [5.41, 5.74) is 6.73. The van der Waals surface area contributed by atoms with Crippen molar-refractivity contribution in [2.45, 2.75) is 0 Å². The molecule has 1 aromatic heterocycles. The summed E-state index contributed by atoms with van der Waals surface area (Å²) in [6.45, 7) is 0. The van der Waals surface area contributed by atoms with Gasteiger partial charge in [-0.05, 0) is 36.5 Å². The minimum Gasteiger partial charge on any atom is -0.395 e. The van der Waals surface area contributed by atoms with Crippen molar-refractivity contribution in [3.63, 3.8) is 0 Å². The molecule has 0 radical (unpaired) electrons. The van der Waals surface area contributed by atoms with Gasteiger partial charge in [0, 0.05) is 5.12 Å². The highest BCUT2D eigenvalue weighted by Gasteiger charge is 1.99. The Morgan fingerprint density at radius 3 is 2.60 bits per heavy atom. The Morgan fingerprint density at radius 2 is 1.67 bits per heavy atom. The van der Waals surface area contributed by atoms with E-state index in [0.29, 0.717) is 0 Å². The highest BCUT2D eigenvalue weighted by molar-refractivity contribution is 7.40. The molecule has 0 atom stereocenters. The average Bonchev–Trinajstić information content (AvgIpc) is 2.28. The predicted molar refractivity (Wildman–Crippen MR) is 68.4 cm³/mol. The Morgan fingerprint density at radius 1 is 0.800 bits per heavy atom. The van der Waals surface area contributed by atoms with Crippen molar-refractivity contribution in [3.05, 3.63) is 48.5 Å². The number of anilines is 1. The molecule has 0 unspecified atom stereocenters. The molecule has 0 amide bonds. The van der Waals surface area contributed by atoms with E-state index in [-0.39, 0.29) is 0 Å². The summed E-state index contributed by atoms with van der Waals surface area (Å²) in [7, 11) is 1.13. The number of fused-ring (bicyclic) bond motifs is 3. The molecule has 1 nitrogen and oxygen atoms in total. The SMILES string of the molecule is Nc1ccc2c(ccc3ccccc32)p1. The third-order valence-electron chi connectivity index (χ3n) is 2.62. The average molecular weight is 211 g/mol. The molecular weight excluding hydrogens is 201 g/mol.